The number of amides is 2. The first kappa shape index (κ1) is 12.5. The number of carbonyl (C=O) groups is 2. The van der Waals surface area contributed by atoms with Gasteiger partial charge in [0.15, 0.2) is 5.76 Å². The topological polar surface area (TPSA) is 62.6 Å². The molecule has 0 saturated heterocycles. The molecule has 1 aliphatic heterocycles. The summed E-state index contributed by atoms with van der Waals surface area (Å²) in [4.78, 5) is 26.1. The van der Waals surface area contributed by atoms with E-state index >= 15 is 0 Å². The molecule has 3 rings (SSSR count). The second kappa shape index (κ2) is 4.85. The van der Waals surface area contributed by atoms with Crippen LogP contribution in [0, 0.1) is 0 Å². The van der Waals surface area contributed by atoms with Crippen molar-refractivity contribution < 1.29 is 14.0 Å². The molecule has 0 radical (unpaired) electrons. The van der Waals surface area contributed by atoms with Crippen LogP contribution in [0.2, 0.25) is 0 Å². The third-order valence-electron chi connectivity index (χ3n) is 3.48. The van der Waals surface area contributed by atoms with Crippen molar-refractivity contribution in [3.05, 3.63) is 54.0 Å². The number of rotatable bonds is 2. The lowest BCUT2D eigenvalue weighted by atomic mass is 10.1. The monoisotopic (exact) mass is 270 g/mol. The summed E-state index contributed by atoms with van der Waals surface area (Å²) in [5, 5.41) is 2.61. The van der Waals surface area contributed by atoms with Crippen molar-refractivity contribution in [1.82, 2.24) is 5.32 Å². The number of hydrogen-bond acceptors (Lipinski definition) is 3. The molecule has 0 saturated carbocycles. The first-order valence-electron chi connectivity index (χ1n) is 6.39. The van der Waals surface area contributed by atoms with Crippen molar-refractivity contribution in [2.75, 3.05) is 11.9 Å². The standard InChI is InChI=1S/C15H14N2O3/c1-16-14(18)12-9-10-5-2-3-6-11(10)17(12)15(19)13-7-4-8-20-13/h2-8,12H,9H2,1H3,(H,16,18). The van der Waals surface area contributed by atoms with Crippen LogP contribution in [0.15, 0.2) is 47.1 Å². The fraction of sp³-hybridized carbons (Fsp3) is 0.200. The van der Waals surface area contributed by atoms with Crippen LogP contribution in [-0.2, 0) is 11.2 Å². The van der Waals surface area contributed by atoms with E-state index in [2.05, 4.69) is 5.32 Å². The fourth-order valence-electron chi connectivity index (χ4n) is 2.53. The van der Waals surface area contributed by atoms with Crippen LogP contribution in [0.25, 0.3) is 0 Å². The highest BCUT2D eigenvalue weighted by atomic mass is 16.3. The molecule has 1 aromatic carbocycles. The Kier molecular flexibility index (Phi) is 3.02. The Balaban J connectivity index is 2.03. The Bertz CT molecular complexity index is 649. The number of nitrogens with one attached hydrogen (secondary N) is 1. The third kappa shape index (κ3) is 1.87. The van der Waals surface area contributed by atoms with Crippen molar-refractivity contribution in [3.8, 4) is 0 Å². The number of likely N-dealkylation sites (N-methyl/N-ethyl adjacent to an activating group) is 1. The van der Waals surface area contributed by atoms with Crippen molar-refractivity contribution in [2.24, 2.45) is 0 Å². The van der Waals surface area contributed by atoms with Gasteiger partial charge < -0.3 is 9.73 Å². The van der Waals surface area contributed by atoms with Crippen LogP contribution in [0.4, 0.5) is 5.69 Å². The first-order valence-corrected chi connectivity index (χ1v) is 6.39. The summed E-state index contributed by atoms with van der Waals surface area (Å²) in [6, 6.07) is 10.3. The number of furan rings is 1. The molecule has 0 fully saturated rings. The SMILES string of the molecule is CNC(=O)C1Cc2ccccc2N1C(=O)c1ccco1. The molecule has 0 aliphatic carbocycles. The summed E-state index contributed by atoms with van der Waals surface area (Å²) in [5.41, 5.74) is 1.75. The lowest BCUT2D eigenvalue weighted by Gasteiger charge is -2.23. The molecule has 1 unspecified atom stereocenters. The summed E-state index contributed by atoms with van der Waals surface area (Å²) >= 11 is 0. The highest BCUT2D eigenvalue weighted by Gasteiger charge is 2.38. The van der Waals surface area contributed by atoms with Gasteiger partial charge in [-0.1, -0.05) is 18.2 Å². The molecule has 5 heteroatoms. The zero-order chi connectivity index (χ0) is 14.1. The molecule has 0 bridgehead atoms. The number of benzene rings is 1. The van der Waals surface area contributed by atoms with Gasteiger partial charge in [0.25, 0.3) is 5.91 Å². The first-order chi connectivity index (χ1) is 9.72. The Labute approximate surface area is 116 Å². The molecule has 2 aromatic rings. The molecule has 102 valence electrons. The van der Waals surface area contributed by atoms with E-state index in [1.54, 1.807) is 19.2 Å². The Morgan fingerprint density at radius 2 is 2.05 bits per heavy atom. The largest absolute Gasteiger partial charge is 0.459 e. The van der Waals surface area contributed by atoms with Crippen molar-refractivity contribution >= 4 is 17.5 Å². The minimum absolute atomic E-state index is 0.180. The predicted molar refractivity (Wildman–Crippen MR) is 73.5 cm³/mol. The molecular formula is C15H14N2O3. The Morgan fingerprint density at radius 1 is 1.25 bits per heavy atom. The van der Waals surface area contributed by atoms with Crippen molar-refractivity contribution in [3.63, 3.8) is 0 Å². The predicted octanol–water partition coefficient (Wildman–Crippen LogP) is 1.60. The highest BCUT2D eigenvalue weighted by molar-refractivity contribution is 6.10. The van der Waals surface area contributed by atoms with E-state index in [1.165, 1.54) is 11.2 Å². The van der Waals surface area contributed by atoms with Gasteiger partial charge in [0.1, 0.15) is 6.04 Å². The van der Waals surface area contributed by atoms with Crippen LogP contribution in [0.3, 0.4) is 0 Å². The van der Waals surface area contributed by atoms with Gasteiger partial charge in [-0.15, -0.1) is 0 Å². The minimum atomic E-state index is -0.532. The van der Waals surface area contributed by atoms with Gasteiger partial charge in [-0.05, 0) is 23.8 Å². The number of fused-ring (bicyclic) bond motifs is 1. The van der Waals surface area contributed by atoms with Gasteiger partial charge in [-0.3, -0.25) is 14.5 Å². The van der Waals surface area contributed by atoms with Gasteiger partial charge in [-0.2, -0.15) is 0 Å². The molecule has 2 amide bonds. The highest BCUT2D eigenvalue weighted by Crippen LogP contribution is 2.33. The van der Waals surface area contributed by atoms with E-state index in [-0.39, 0.29) is 17.6 Å². The quantitative estimate of drug-likeness (QED) is 0.901. The van der Waals surface area contributed by atoms with E-state index in [0.717, 1.165) is 11.3 Å². The Hall–Kier alpha value is -2.56. The van der Waals surface area contributed by atoms with Crippen LogP contribution >= 0.6 is 0 Å². The summed E-state index contributed by atoms with van der Waals surface area (Å²) < 4.78 is 5.16. The fourth-order valence-corrected chi connectivity index (χ4v) is 2.53. The van der Waals surface area contributed by atoms with Gasteiger partial charge in [0.2, 0.25) is 5.91 Å². The number of hydrogen-bond donors (Lipinski definition) is 1. The number of para-hydroxylation sites is 1. The van der Waals surface area contributed by atoms with Crippen LogP contribution in [0.1, 0.15) is 16.1 Å². The maximum absolute atomic E-state index is 12.6. The van der Waals surface area contributed by atoms with Gasteiger partial charge in [0, 0.05) is 19.2 Å². The van der Waals surface area contributed by atoms with E-state index in [0.29, 0.717) is 6.42 Å². The zero-order valence-electron chi connectivity index (χ0n) is 11.0. The molecule has 1 aromatic heterocycles. The van der Waals surface area contributed by atoms with Gasteiger partial charge >= 0.3 is 0 Å². The molecule has 1 atom stereocenters. The van der Waals surface area contributed by atoms with E-state index < -0.39 is 6.04 Å². The van der Waals surface area contributed by atoms with Crippen LogP contribution in [0.5, 0.6) is 0 Å². The molecule has 2 heterocycles. The van der Waals surface area contributed by atoms with Crippen molar-refractivity contribution in [1.29, 1.82) is 0 Å². The summed E-state index contributed by atoms with van der Waals surface area (Å²) in [6.07, 6.45) is 1.96. The van der Waals surface area contributed by atoms with E-state index in [1.807, 2.05) is 24.3 Å². The average Bonchev–Trinajstić information content (AvgIpc) is 3.12. The molecule has 20 heavy (non-hydrogen) atoms. The number of anilines is 1. The lowest BCUT2D eigenvalue weighted by Crippen LogP contribution is -2.47. The molecule has 1 aliphatic rings. The smallest absolute Gasteiger partial charge is 0.294 e. The normalized spacial score (nSPS) is 16.9. The molecular weight excluding hydrogens is 256 g/mol. The second-order valence-corrected chi connectivity index (χ2v) is 4.62. The van der Waals surface area contributed by atoms with Gasteiger partial charge in [-0.25, -0.2) is 0 Å². The minimum Gasteiger partial charge on any atom is -0.459 e. The summed E-state index contributed by atoms with van der Waals surface area (Å²) in [7, 11) is 1.57. The van der Waals surface area contributed by atoms with E-state index in [4.69, 9.17) is 4.42 Å². The lowest BCUT2D eigenvalue weighted by molar-refractivity contribution is -0.121. The number of carbonyl (C=O) groups excluding carboxylic acids is 2. The van der Waals surface area contributed by atoms with Gasteiger partial charge in [0.05, 0.1) is 6.26 Å². The zero-order valence-corrected chi connectivity index (χ0v) is 11.0. The van der Waals surface area contributed by atoms with Crippen LogP contribution < -0.4 is 10.2 Å². The molecule has 5 nitrogen and oxygen atoms in total. The molecule has 0 spiro atoms. The van der Waals surface area contributed by atoms with Crippen LogP contribution in [-0.4, -0.2) is 24.9 Å². The average molecular weight is 270 g/mol. The molecule has 1 N–H and O–H groups in total. The third-order valence-corrected chi connectivity index (χ3v) is 3.48. The second-order valence-electron chi connectivity index (χ2n) is 4.62. The maximum atomic E-state index is 12.6. The maximum Gasteiger partial charge on any atom is 0.294 e. The van der Waals surface area contributed by atoms with E-state index in [9.17, 15) is 9.59 Å². The Morgan fingerprint density at radius 3 is 2.75 bits per heavy atom. The van der Waals surface area contributed by atoms with Crippen molar-refractivity contribution in [2.45, 2.75) is 12.5 Å². The number of nitrogens with zero attached hydrogens (tertiary/aromatic N) is 1. The summed E-state index contributed by atoms with van der Waals surface area (Å²) in [5.74, 6) is -0.245. The summed E-state index contributed by atoms with van der Waals surface area (Å²) in [6.45, 7) is 0.